The van der Waals surface area contributed by atoms with Crippen molar-refractivity contribution < 1.29 is 4.58 Å². The third kappa shape index (κ3) is 3.49. The summed E-state index contributed by atoms with van der Waals surface area (Å²) in [6.07, 6.45) is 16.3. The van der Waals surface area contributed by atoms with E-state index in [1.54, 1.807) is 0 Å². The summed E-state index contributed by atoms with van der Waals surface area (Å²) in [5, 5.41) is 0. The average molecular weight is 261 g/mol. The molecule has 2 heterocycles. The number of hydrogen-bond donors (Lipinski definition) is 0. The van der Waals surface area contributed by atoms with Gasteiger partial charge in [0.2, 0.25) is 0 Å². The molecule has 0 amide bonds. The normalized spacial score (nSPS) is 36.0. The highest BCUT2D eigenvalue weighted by Crippen LogP contribution is 2.23. The Morgan fingerprint density at radius 3 is 1.95 bits per heavy atom. The summed E-state index contributed by atoms with van der Waals surface area (Å²) in [5.74, 6) is 0. The monoisotopic (exact) mass is 261 g/mol. The summed E-state index contributed by atoms with van der Waals surface area (Å²) >= 11 is 0. The van der Waals surface area contributed by atoms with Crippen molar-refractivity contribution in [1.29, 1.82) is 0 Å². The van der Waals surface area contributed by atoms with Crippen molar-refractivity contribution in [3.8, 4) is 0 Å². The third-order valence-electron chi connectivity index (χ3n) is 4.78. The predicted octanol–water partition coefficient (Wildman–Crippen LogP) is 3.58. The van der Waals surface area contributed by atoms with Crippen molar-refractivity contribution in [3.63, 3.8) is 0 Å². The van der Waals surface area contributed by atoms with Crippen LogP contribution in [0.5, 0.6) is 0 Å². The van der Waals surface area contributed by atoms with Gasteiger partial charge in [0.1, 0.15) is 0 Å². The van der Waals surface area contributed by atoms with Gasteiger partial charge in [-0.25, -0.2) is 4.58 Å². The van der Waals surface area contributed by atoms with Gasteiger partial charge in [-0.15, -0.1) is 0 Å². The largest absolute Gasteiger partial charge is 0.372 e. The first-order valence-electron chi connectivity index (χ1n) is 7.82. The number of rotatable bonds is 3. The Morgan fingerprint density at radius 1 is 0.789 bits per heavy atom. The van der Waals surface area contributed by atoms with E-state index in [0.717, 1.165) is 0 Å². The fourth-order valence-electron chi connectivity index (χ4n) is 3.38. The van der Waals surface area contributed by atoms with E-state index in [1.165, 1.54) is 25.7 Å². The fourth-order valence-corrected chi connectivity index (χ4v) is 3.38. The van der Waals surface area contributed by atoms with Gasteiger partial charge in [0, 0.05) is 31.0 Å². The molecule has 19 heavy (non-hydrogen) atoms. The summed E-state index contributed by atoms with van der Waals surface area (Å²) in [6, 6.07) is 2.79. The third-order valence-corrected chi connectivity index (χ3v) is 4.78. The Hall–Kier alpha value is -1.05. The Kier molecular flexibility index (Phi) is 4.84. The molecule has 0 aromatic carbocycles. The molecule has 0 spiro atoms. The van der Waals surface area contributed by atoms with Crippen LogP contribution in [0.1, 0.15) is 53.4 Å². The number of nitrogens with zero attached hydrogens (tertiary/aromatic N) is 2. The average Bonchev–Trinajstić information content (AvgIpc) is 2.86. The highest BCUT2D eigenvalue weighted by molar-refractivity contribution is 5.66. The molecule has 2 fully saturated rings. The zero-order valence-corrected chi connectivity index (χ0v) is 12.9. The van der Waals surface area contributed by atoms with Crippen LogP contribution in [-0.2, 0) is 0 Å². The Labute approximate surface area is 118 Å². The van der Waals surface area contributed by atoms with E-state index in [4.69, 9.17) is 0 Å². The summed E-state index contributed by atoms with van der Waals surface area (Å²) in [6.45, 7) is 9.27. The van der Waals surface area contributed by atoms with Crippen LogP contribution in [0, 0.1) is 0 Å². The summed E-state index contributed by atoms with van der Waals surface area (Å²) in [4.78, 5) is 2.48. The molecule has 2 nitrogen and oxygen atoms in total. The van der Waals surface area contributed by atoms with E-state index in [1.807, 2.05) is 0 Å². The molecule has 0 aromatic rings. The molecule has 106 valence electrons. The SMILES string of the molecule is CC1CCC(C)N1C=CC=CC=[N+]1C(C)CCC1C. The number of hydrogen-bond acceptors (Lipinski definition) is 1. The van der Waals surface area contributed by atoms with Crippen molar-refractivity contribution in [2.75, 3.05) is 0 Å². The van der Waals surface area contributed by atoms with Crippen LogP contribution in [0.4, 0.5) is 0 Å². The van der Waals surface area contributed by atoms with Crippen LogP contribution in [0.15, 0.2) is 24.4 Å². The van der Waals surface area contributed by atoms with Crippen LogP contribution in [-0.4, -0.2) is 39.9 Å². The minimum Gasteiger partial charge on any atom is -0.372 e. The molecule has 2 heteroatoms. The molecule has 0 radical (unpaired) electrons. The molecule has 0 bridgehead atoms. The smallest absolute Gasteiger partial charge is 0.163 e. The first kappa shape index (κ1) is 14.4. The van der Waals surface area contributed by atoms with E-state index in [2.05, 4.69) is 67.8 Å². The van der Waals surface area contributed by atoms with Gasteiger partial charge in [0.15, 0.2) is 18.3 Å². The molecule has 2 aliphatic rings. The van der Waals surface area contributed by atoms with Gasteiger partial charge in [0.25, 0.3) is 0 Å². The van der Waals surface area contributed by atoms with Crippen molar-refractivity contribution in [2.45, 2.75) is 77.5 Å². The second-order valence-corrected chi connectivity index (χ2v) is 6.32. The van der Waals surface area contributed by atoms with Crippen molar-refractivity contribution >= 4 is 6.21 Å². The lowest BCUT2D eigenvalue weighted by Gasteiger charge is -2.23. The van der Waals surface area contributed by atoms with Gasteiger partial charge in [-0.3, -0.25) is 0 Å². The molecule has 4 atom stereocenters. The van der Waals surface area contributed by atoms with E-state index in [9.17, 15) is 0 Å². The van der Waals surface area contributed by atoms with Gasteiger partial charge in [-0.2, -0.15) is 0 Å². The summed E-state index contributed by atoms with van der Waals surface area (Å²) < 4.78 is 2.48. The first-order valence-corrected chi connectivity index (χ1v) is 7.82. The number of likely N-dealkylation sites (tertiary alicyclic amines) is 1. The van der Waals surface area contributed by atoms with Crippen molar-refractivity contribution in [1.82, 2.24) is 4.90 Å². The minimum atomic E-state index is 0.697. The van der Waals surface area contributed by atoms with Crippen LogP contribution in [0.3, 0.4) is 0 Å². The minimum absolute atomic E-state index is 0.697. The highest BCUT2D eigenvalue weighted by Gasteiger charge is 2.29. The van der Waals surface area contributed by atoms with E-state index >= 15 is 0 Å². The maximum Gasteiger partial charge on any atom is 0.163 e. The van der Waals surface area contributed by atoms with Crippen molar-refractivity contribution in [2.24, 2.45) is 0 Å². The molecule has 2 rings (SSSR count). The van der Waals surface area contributed by atoms with Gasteiger partial charge in [-0.05, 0) is 52.8 Å². The van der Waals surface area contributed by atoms with Crippen LogP contribution < -0.4 is 0 Å². The number of allylic oxidation sites excluding steroid dienone is 3. The quantitative estimate of drug-likeness (QED) is 0.556. The van der Waals surface area contributed by atoms with Crippen molar-refractivity contribution in [3.05, 3.63) is 24.4 Å². The summed E-state index contributed by atoms with van der Waals surface area (Å²) in [7, 11) is 0. The molecule has 2 saturated heterocycles. The lowest BCUT2D eigenvalue weighted by Crippen LogP contribution is -2.26. The maximum absolute atomic E-state index is 2.48. The van der Waals surface area contributed by atoms with Gasteiger partial charge < -0.3 is 4.90 Å². The van der Waals surface area contributed by atoms with Crippen LogP contribution in [0.25, 0.3) is 0 Å². The zero-order chi connectivity index (χ0) is 13.8. The zero-order valence-electron chi connectivity index (χ0n) is 12.9. The van der Waals surface area contributed by atoms with E-state index in [-0.39, 0.29) is 0 Å². The molecule has 0 aromatic heterocycles. The Morgan fingerprint density at radius 2 is 1.37 bits per heavy atom. The highest BCUT2D eigenvalue weighted by atomic mass is 15.2. The molecule has 0 aliphatic carbocycles. The molecular formula is C17H29N2+. The molecule has 0 saturated carbocycles. The Bertz CT molecular complexity index is 359. The van der Waals surface area contributed by atoms with Crippen LogP contribution >= 0.6 is 0 Å². The van der Waals surface area contributed by atoms with Gasteiger partial charge >= 0.3 is 0 Å². The van der Waals surface area contributed by atoms with Crippen LogP contribution in [0.2, 0.25) is 0 Å². The fraction of sp³-hybridized carbons (Fsp3) is 0.706. The molecular weight excluding hydrogens is 232 g/mol. The Balaban J connectivity index is 1.88. The van der Waals surface area contributed by atoms with Gasteiger partial charge in [-0.1, -0.05) is 6.08 Å². The predicted molar refractivity (Wildman–Crippen MR) is 82.8 cm³/mol. The van der Waals surface area contributed by atoms with E-state index < -0.39 is 0 Å². The van der Waals surface area contributed by atoms with E-state index in [0.29, 0.717) is 24.2 Å². The topological polar surface area (TPSA) is 6.25 Å². The lowest BCUT2D eigenvalue weighted by molar-refractivity contribution is -0.566. The molecule has 4 unspecified atom stereocenters. The molecule has 0 N–H and O–H groups in total. The first-order chi connectivity index (χ1) is 9.09. The second kappa shape index (κ2) is 6.40. The lowest BCUT2D eigenvalue weighted by atomic mass is 10.2. The second-order valence-electron chi connectivity index (χ2n) is 6.32. The standard InChI is InChI=1S/C17H29N2/c1-14-8-9-15(2)18(14)12-6-5-7-13-19-16(3)10-11-17(19)4/h5-7,12-17H,8-11H2,1-4H3/q+1. The summed E-state index contributed by atoms with van der Waals surface area (Å²) in [5.41, 5.74) is 0. The molecule has 2 aliphatic heterocycles. The maximum atomic E-state index is 2.48. The van der Waals surface area contributed by atoms with Gasteiger partial charge in [0.05, 0.1) is 0 Å².